The molecule has 6 rings (SSSR count). The van der Waals surface area contributed by atoms with Gasteiger partial charge in [-0.2, -0.15) is 0 Å². The number of hydrogen-bond acceptors (Lipinski definition) is 5. The number of rotatable bonds is 10. The second kappa shape index (κ2) is 9.98. The van der Waals surface area contributed by atoms with Crippen LogP contribution in [0.4, 0.5) is 0 Å². The molecule has 0 aromatic heterocycles. The molecule has 0 saturated carbocycles. The minimum atomic E-state index is -0.492. The van der Waals surface area contributed by atoms with Gasteiger partial charge in [-0.25, -0.2) is 4.79 Å². The van der Waals surface area contributed by atoms with E-state index >= 15 is 0 Å². The fourth-order valence-electron chi connectivity index (χ4n) is 6.48. The lowest BCUT2D eigenvalue weighted by Crippen LogP contribution is -2.51. The molecule has 5 heteroatoms. The molecule has 3 aromatic carbocycles. The highest BCUT2D eigenvalue weighted by atomic mass is 16.6. The molecule has 0 fully saturated rings. The third-order valence-corrected chi connectivity index (χ3v) is 7.88. The van der Waals surface area contributed by atoms with Crippen LogP contribution in [0.25, 0.3) is 0 Å². The molecule has 5 nitrogen and oxygen atoms in total. The van der Waals surface area contributed by atoms with Gasteiger partial charge in [0.1, 0.15) is 13.2 Å². The molecule has 0 unspecified atom stereocenters. The average Bonchev–Trinajstić information content (AvgIpc) is 2.93. The third kappa shape index (κ3) is 3.89. The number of benzene rings is 3. The number of carbonyl (C=O) groups excluding carboxylic acids is 2. The van der Waals surface area contributed by atoms with Crippen LogP contribution in [0.5, 0.6) is 0 Å². The van der Waals surface area contributed by atoms with Crippen LogP contribution in [0.1, 0.15) is 66.0 Å². The van der Waals surface area contributed by atoms with Gasteiger partial charge in [0.25, 0.3) is 0 Å². The van der Waals surface area contributed by atoms with Crippen molar-refractivity contribution in [2.45, 2.75) is 43.4 Å². The lowest BCUT2D eigenvalue weighted by Gasteiger charge is -2.57. The fourth-order valence-corrected chi connectivity index (χ4v) is 6.48. The Balaban J connectivity index is 1.52. The first-order valence-corrected chi connectivity index (χ1v) is 12.9. The minimum Gasteiger partial charge on any atom is -0.462 e. The SMILES string of the molecule is C=C(C)C(=O)OCCOC(=O)CCC12c3ccccc3C(CCCO)(c3ccccc31)c1ccccc12. The van der Waals surface area contributed by atoms with E-state index in [1.54, 1.807) is 6.92 Å². The number of hydrogen-bond donors (Lipinski definition) is 1. The van der Waals surface area contributed by atoms with Crippen LogP contribution in [-0.4, -0.2) is 36.9 Å². The molecule has 0 saturated heterocycles. The molecule has 1 N–H and O–H groups in total. The molecule has 0 aliphatic heterocycles. The molecule has 190 valence electrons. The maximum Gasteiger partial charge on any atom is 0.333 e. The highest BCUT2D eigenvalue weighted by Crippen LogP contribution is 2.64. The summed E-state index contributed by atoms with van der Waals surface area (Å²) < 4.78 is 10.5. The number of aliphatic hydroxyl groups is 1. The summed E-state index contributed by atoms with van der Waals surface area (Å²) in [4.78, 5) is 24.4. The minimum absolute atomic E-state index is 0.00442. The summed E-state index contributed by atoms with van der Waals surface area (Å²) >= 11 is 0. The fraction of sp³-hybridized carbons (Fsp3) is 0.312. The van der Waals surface area contributed by atoms with E-state index in [4.69, 9.17) is 9.47 Å². The molecule has 0 radical (unpaired) electrons. The lowest BCUT2D eigenvalue weighted by molar-refractivity contribution is -0.150. The van der Waals surface area contributed by atoms with E-state index in [1.165, 1.54) is 33.4 Å². The molecule has 0 atom stereocenters. The number of carbonyl (C=O) groups is 2. The van der Waals surface area contributed by atoms with Crippen molar-refractivity contribution in [2.24, 2.45) is 0 Å². The molecule has 0 amide bonds. The standard InChI is InChI=1S/C32H32O5/c1-22(2)30(35)37-21-20-36-29(34)16-18-32-26-13-6-3-10-23(26)31(17-9-19-33,24-11-4-7-14-27(24)32)25-12-5-8-15-28(25)32/h3-8,10-15,33H,1,9,16-21H2,2H3. The van der Waals surface area contributed by atoms with Gasteiger partial charge in [-0.05, 0) is 59.6 Å². The van der Waals surface area contributed by atoms with Crippen LogP contribution < -0.4 is 0 Å². The van der Waals surface area contributed by atoms with Gasteiger partial charge in [-0.1, -0.05) is 79.4 Å². The Kier molecular flexibility index (Phi) is 6.74. The highest BCUT2D eigenvalue weighted by Gasteiger charge is 2.57. The van der Waals surface area contributed by atoms with Gasteiger partial charge in [0.15, 0.2) is 0 Å². The van der Waals surface area contributed by atoms with Crippen LogP contribution >= 0.6 is 0 Å². The van der Waals surface area contributed by atoms with E-state index in [2.05, 4.69) is 79.4 Å². The normalized spacial score (nSPS) is 20.4. The van der Waals surface area contributed by atoms with E-state index in [0.29, 0.717) is 18.4 Å². The van der Waals surface area contributed by atoms with Gasteiger partial charge >= 0.3 is 11.9 Å². The van der Waals surface area contributed by atoms with E-state index in [1.807, 2.05) is 0 Å². The van der Waals surface area contributed by atoms with Crippen LogP contribution in [0.2, 0.25) is 0 Å². The first-order chi connectivity index (χ1) is 18.0. The van der Waals surface area contributed by atoms with Crippen molar-refractivity contribution in [2.75, 3.05) is 19.8 Å². The zero-order valence-corrected chi connectivity index (χ0v) is 21.2. The Morgan fingerprint density at radius 2 is 1.14 bits per heavy atom. The molecule has 3 aromatic rings. The molecule has 3 aliphatic rings. The van der Waals surface area contributed by atoms with Crippen molar-refractivity contribution in [1.29, 1.82) is 0 Å². The van der Waals surface area contributed by atoms with Crippen molar-refractivity contribution in [3.63, 3.8) is 0 Å². The van der Waals surface area contributed by atoms with Crippen LogP contribution in [0, 0.1) is 0 Å². The van der Waals surface area contributed by atoms with E-state index in [0.717, 1.165) is 6.42 Å². The largest absolute Gasteiger partial charge is 0.462 e. The van der Waals surface area contributed by atoms with Crippen molar-refractivity contribution in [1.82, 2.24) is 0 Å². The van der Waals surface area contributed by atoms with Gasteiger partial charge in [-0.3, -0.25) is 4.79 Å². The van der Waals surface area contributed by atoms with E-state index < -0.39 is 11.4 Å². The maximum atomic E-state index is 12.9. The zero-order valence-electron chi connectivity index (χ0n) is 21.2. The molecule has 0 heterocycles. The van der Waals surface area contributed by atoms with Crippen molar-refractivity contribution >= 4 is 11.9 Å². The molecule has 0 spiro atoms. The second-order valence-corrected chi connectivity index (χ2v) is 9.91. The number of aliphatic hydroxyl groups excluding tert-OH is 1. The molecular weight excluding hydrogens is 464 g/mol. The topological polar surface area (TPSA) is 72.8 Å². The molecular formula is C32H32O5. The Hall–Kier alpha value is -3.70. The number of ether oxygens (including phenoxy) is 2. The first kappa shape index (κ1) is 25.0. The summed E-state index contributed by atoms with van der Waals surface area (Å²) in [5, 5.41) is 9.82. The maximum absolute atomic E-state index is 12.9. The predicted octanol–water partition coefficient (Wildman–Crippen LogP) is 5.20. The first-order valence-electron chi connectivity index (χ1n) is 12.9. The van der Waals surface area contributed by atoms with Crippen LogP contribution in [0.3, 0.4) is 0 Å². The summed E-state index contributed by atoms with van der Waals surface area (Å²) in [7, 11) is 0. The Morgan fingerprint density at radius 3 is 1.54 bits per heavy atom. The van der Waals surface area contributed by atoms with Gasteiger partial charge < -0.3 is 14.6 Å². The quantitative estimate of drug-likeness (QED) is 0.237. The van der Waals surface area contributed by atoms with Crippen LogP contribution in [-0.2, 0) is 29.9 Å². The van der Waals surface area contributed by atoms with E-state index in [-0.39, 0.29) is 37.6 Å². The van der Waals surface area contributed by atoms with Crippen molar-refractivity contribution in [3.8, 4) is 0 Å². The van der Waals surface area contributed by atoms with Crippen molar-refractivity contribution < 1.29 is 24.2 Å². The Labute approximate surface area is 217 Å². The summed E-state index contributed by atoms with van der Waals surface area (Å²) in [5.41, 5.74) is 6.88. The van der Waals surface area contributed by atoms with Gasteiger partial charge in [0.2, 0.25) is 0 Å². The van der Waals surface area contributed by atoms with Crippen molar-refractivity contribution in [3.05, 3.63) is 118 Å². The summed E-state index contributed by atoms with van der Waals surface area (Å²) in [6.07, 6.45) is 2.26. The molecule has 3 aliphatic carbocycles. The van der Waals surface area contributed by atoms with Gasteiger partial charge in [0, 0.05) is 29.4 Å². The highest BCUT2D eigenvalue weighted by molar-refractivity contribution is 5.87. The average molecular weight is 497 g/mol. The Bertz CT molecular complexity index is 1240. The third-order valence-electron chi connectivity index (χ3n) is 7.88. The monoisotopic (exact) mass is 496 g/mol. The summed E-state index contributed by atoms with van der Waals surface area (Å²) in [6, 6.07) is 25.7. The molecule has 2 bridgehead atoms. The van der Waals surface area contributed by atoms with Gasteiger partial charge in [-0.15, -0.1) is 0 Å². The zero-order chi connectivity index (χ0) is 26.0. The summed E-state index contributed by atoms with van der Waals surface area (Å²) in [5.74, 6) is -0.815. The predicted molar refractivity (Wildman–Crippen MR) is 141 cm³/mol. The smallest absolute Gasteiger partial charge is 0.333 e. The van der Waals surface area contributed by atoms with Gasteiger partial charge in [0.05, 0.1) is 0 Å². The summed E-state index contributed by atoms with van der Waals surface area (Å²) in [6.45, 7) is 5.28. The van der Waals surface area contributed by atoms with E-state index in [9.17, 15) is 14.7 Å². The lowest BCUT2D eigenvalue weighted by atomic mass is 9.45. The second-order valence-electron chi connectivity index (χ2n) is 9.91. The number of esters is 2. The van der Waals surface area contributed by atoms with Crippen LogP contribution in [0.15, 0.2) is 84.9 Å². The Morgan fingerprint density at radius 1 is 0.730 bits per heavy atom. The molecule has 37 heavy (non-hydrogen) atoms.